The minimum Gasteiger partial charge on any atom is -0.508 e. The van der Waals surface area contributed by atoms with Crippen LogP contribution in [0.25, 0.3) is 0 Å². The lowest BCUT2D eigenvalue weighted by atomic mass is 10.2. The molecule has 0 unspecified atom stereocenters. The summed E-state index contributed by atoms with van der Waals surface area (Å²) in [7, 11) is 0. The smallest absolute Gasteiger partial charge is 0.186 e. The first-order chi connectivity index (χ1) is 6.68. The normalized spacial score (nSPS) is 8.93. The Morgan fingerprint density at radius 3 is 2.64 bits per heavy atom. The van der Waals surface area contributed by atoms with Crippen LogP contribution in [0.5, 0.6) is 5.75 Å². The largest absolute Gasteiger partial charge is 0.508 e. The molecule has 0 aliphatic carbocycles. The van der Waals surface area contributed by atoms with E-state index in [1.54, 1.807) is 24.3 Å². The number of rotatable bonds is 1. The van der Waals surface area contributed by atoms with Crippen molar-refractivity contribution < 1.29 is 9.90 Å². The Labute approximate surface area is 87.3 Å². The molecule has 14 heavy (non-hydrogen) atoms. The highest BCUT2D eigenvalue weighted by Gasteiger charge is 1.89. The Morgan fingerprint density at radius 2 is 2.07 bits per heavy atom. The summed E-state index contributed by atoms with van der Waals surface area (Å²) in [4.78, 5) is 10.6. The SMILES string of the molecule is CC(=O)SCC#Cc1ccc(O)cc1. The van der Waals surface area contributed by atoms with Gasteiger partial charge in [0.2, 0.25) is 0 Å². The van der Waals surface area contributed by atoms with Crippen molar-refractivity contribution in [3.8, 4) is 17.6 Å². The van der Waals surface area contributed by atoms with Gasteiger partial charge in [-0.25, -0.2) is 0 Å². The Hall–Kier alpha value is -1.40. The van der Waals surface area contributed by atoms with Gasteiger partial charge in [-0.1, -0.05) is 23.6 Å². The van der Waals surface area contributed by atoms with Crippen molar-refractivity contribution in [2.45, 2.75) is 6.92 Å². The number of hydrogen-bond donors (Lipinski definition) is 1. The molecule has 0 bridgehead atoms. The van der Waals surface area contributed by atoms with Crippen LogP contribution >= 0.6 is 11.8 Å². The van der Waals surface area contributed by atoms with Crippen LogP contribution in [-0.2, 0) is 4.79 Å². The van der Waals surface area contributed by atoms with Crippen LogP contribution < -0.4 is 0 Å². The number of phenols is 1. The van der Waals surface area contributed by atoms with Crippen LogP contribution in [-0.4, -0.2) is 16.0 Å². The average molecular weight is 206 g/mol. The lowest BCUT2D eigenvalue weighted by Crippen LogP contribution is -1.82. The van der Waals surface area contributed by atoms with Crippen LogP contribution in [0.2, 0.25) is 0 Å². The molecule has 1 N–H and O–H groups in total. The summed E-state index contributed by atoms with van der Waals surface area (Å²) in [6, 6.07) is 6.64. The lowest BCUT2D eigenvalue weighted by molar-refractivity contribution is -0.109. The quantitative estimate of drug-likeness (QED) is 0.714. The molecular weight excluding hydrogens is 196 g/mol. The van der Waals surface area contributed by atoms with Crippen molar-refractivity contribution in [2.75, 3.05) is 5.75 Å². The highest BCUT2D eigenvalue weighted by molar-refractivity contribution is 8.13. The van der Waals surface area contributed by atoms with E-state index in [4.69, 9.17) is 5.11 Å². The van der Waals surface area contributed by atoms with Gasteiger partial charge >= 0.3 is 0 Å². The molecule has 0 aliphatic rings. The van der Waals surface area contributed by atoms with E-state index in [9.17, 15) is 4.79 Å². The standard InChI is InChI=1S/C11H10O2S/c1-9(12)14-8-2-3-10-4-6-11(13)7-5-10/h4-7,13H,8H2,1H3. The van der Waals surface area contributed by atoms with E-state index < -0.39 is 0 Å². The minimum absolute atomic E-state index is 0.0741. The topological polar surface area (TPSA) is 37.3 Å². The fourth-order valence-electron chi connectivity index (χ4n) is 0.821. The number of carbonyl (C=O) groups excluding carboxylic acids is 1. The molecular formula is C11H10O2S. The Bertz CT molecular complexity index is 371. The molecule has 1 rings (SSSR count). The maximum absolute atomic E-state index is 10.6. The van der Waals surface area contributed by atoms with Crippen LogP contribution in [0.4, 0.5) is 0 Å². The molecule has 0 heterocycles. The summed E-state index contributed by atoms with van der Waals surface area (Å²) in [5.41, 5.74) is 0.840. The van der Waals surface area contributed by atoms with Gasteiger partial charge in [0.25, 0.3) is 0 Å². The second kappa shape index (κ2) is 5.36. The minimum atomic E-state index is 0.0741. The molecule has 1 aromatic rings. The van der Waals surface area contributed by atoms with Crippen LogP contribution in [0.3, 0.4) is 0 Å². The average Bonchev–Trinajstić information content (AvgIpc) is 2.15. The fraction of sp³-hybridized carbons (Fsp3) is 0.182. The molecule has 0 fully saturated rings. The fourth-order valence-corrected chi connectivity index (χ4v) is 1.17. The highest BCUT2D eigenvalue weighted by Crippen LogP contribution is 2.08. The molecule has 0 spiro atoms. The van der Waals surface area contributed by atoms with Gasteiger partial charge in [-0.2, -0.15) is 0 Å². The second-order valence-electron chi connectivity index (χ2n) is 2.63. The number of thioether (sulfide) groups is 1. The van der Waals surface area contributed by atoms with E-state index in [2.05, 4.69) is 11.8 Å². The predicted molar refractivity (Wildman–Crippen MR) is 58.1 cm³/mol. The molecule has 0 saturated heterocycles. The third-order valence-corrected chi connectivity index (χ3v) is 2.14. The second-order valence-corrected chi connectivity index (χ2v) is 3.78. The predicted octanol–water partition coefficient (Wildman–Crippen LogP) is 2.02. The zero-order chi connectivity index (χ0) is 10.4. The van der Waals surface area contributed by atoms with Gasteiger partial charge in [-0.05, 0) is 24.3 Å². The first kappa shape index (κ1) is 10.7. The molecule has 0 aromatic heterocycles. The summed E-state index contributed by atoms with van der Waals surface area (Å²) in [6.45, 7) is 1.52. The van der Waals surface area contributed by atoms with Gasteiger partial charge in [0.05, 0.1) is 5.75 Å². The summed E-state index contributed by atoms with van der Waals surface area (Å²) < 4.78 is 0. The van der Waals surface area contributed by atoms with Gasteiger partial charge in [0, 0.05) is 12.5 Å². The van der Waals surface area contributed by atoms with Crippen LogP contribution in [0.1, 0.15) is 12.5 Å². The van der Waals surface area contributed by atoms with Crippen molar-refractivity contribution in [3.05, 3.63) is 29.8 Å². The molecule has 0 radical (unpaired) electrons. The summed E-state index contributed by atoms with van der Waals surface area (Å²) >= 11 is 1.19. The highest BCUT2D eigenvalue weighted by atomic mass is 32.2. The Kier molecular flexibility index (Phi) is 4.09. The van der Waals surface area contributed by atoms with Crippen molar-refractivity contribution in [3.63, 3.8) is 0 Å². The van der Waals surface area contributed by atoms with Crippen LogP contribution in [0, 0.1) is 11.8 Å². The van der Waals surface area contributed by atoms with E-state index >= 15 is 0 Å². The summed E-state index contributed by atoms with van der Waals surface area (Å²) in [5.74, 6) is 6.50. The van der Waals surface area contributed by atoms with E-state index in [-0.39, 0.29) is 10.9 Å². The summed E-state index contributed by atoms with van der Waals surface area (Å²) in [6.07, 6.45) is 0. The third-order valence-electron chi connectivity index (χ3n) is 1.45. The zero-order valence-electron chi connectivity index (χ0n) is 7.78. The van der Waals surface area contributed by atoms with Crippen molar-refractivity contribution in [2.24, 2.45) is 0 Å². The molecule has 1 aromatic carbocycles. The molecule has 72 valence electrons. The Balaban J connectivity index is 2.51. The maximum Gasteiger partial charge on any atom is 0.186 e. The molecule has 0 aliphatic heterocycles. The molecule has 0 saturated carbocycles. The van der Waals surface area contributed by atoms with E-state index in [0.717, 1.165) is 5.56 Å². The van der Waals surface area contributed by atoms with Gasteiger partial charge in [0.15, 0.2) is 5.12 Å². The molecule has 3 heteroatoms. The van der Waals surface area contributed by atoms with Gasteiger partial charge in [-0.3, -0.25) is 4.79 Å². The van der Waals surface area contributed by atoms with E-state index in [0.29, 0.717) is 5.75 Å². The van der Waals surface area contributed by atoms with Crippen molar-refractivity contribution in [1.29, 1.82) is 0 Å². The van der Waals surface area contributed by atoms with E-state index in [1.807, 2.05) is 0 Å². The maximum atomic E-state index is 10.6. The number of aromatic hydroxyl groups is 1. The number of phenolic OH excluding ortho intramolecular Hbond substituents is 1. The number of hydrogen-bond acceptors (Lipinski definition) is 3. The molecule has 2 nitrogen and oxygen atoms in total. The van der Waals surface area contributed by atoms with Gasteiger partial charge in [0.1, 0.15) is 5.75 Å². The first-order valence-electron chi connectivity index (χ1n) is 4.10. The monoisotopic (exact) mass is 206 g/mol. The van der Waals surface area contributed by atoms with Crippen molar-refractivity contribution >= 4 is 16.9 Å². The summed E-state index contributed by atoms with van der Waals surface area (Å²) in [5, 5.41) is 9.08. The lowest BCUT2D eigenvalue weighted by Gasteiger charge is -1.90. The van der Waals surface area contributed by atoms with Gasteiger partial charge < -0.3 is 5.11 Å². The zero-order valence-corrected chi connectivity index (χ0v) is 8.60. The van der Waals surface area contributed by atoms with Gasteiger partial charge in [-0.15, -0.1) is 0 Å². The first-order valence-corrected chi connectivity index (χ1v) is 5.08. The van der Waals surface area contributed by atoms with E-state index in [1.165, 1.54) is 18.7 Å². The third kappa shape index (κ3) is 4.01. The van der Waals surface area contributed by atoms with Crippen molar-refractivity contribution in [1.82, 2.24) is 0 Å². The Morgan fingerprint density at radius 1 is 1.43 bits per heavy atom. The molecule has 0 amide bonds. The number of carbonyl (C=O) groups is 1. The number of benzene rings is 1. The molecule has 0 atom stereocenters. The van der Waals surface area contributed by atoms with Crippen LogP contribution in [0.15, 0.2) is 24.3 Å².